The number of halogens is 1. The summed E-state index contributed by atoms with van der Waals surface area (Å²) in [5, 5.41) is 7.54. The molecule has 2 heterocycles. The van der Waals surface area contributed by atoms with Crippen molar-refractivity contribution in [1.29, 1.82) is 0 Å². The van der Waals surface area contributed by atoms with E-state index in [1.54, 1.807) is 28.8 Å². The fourth-order valence-electron chi connectivity index (χ4n) is 2.72. The second kappa shape index (κ2) is 6.44. The van der Waals surface area contributed by atoms with Crippen molar-refractivity contribution in [2.45, 2.75) is 52.5 Å². The van der Waals surface area contributed by atoms with E-state index < -0.39 is 5.54 Å². The molecule has 6 heteroatoms. The van der Waals surface area contributed by atoms with Crippen LogP contribution in [0.3, 0.4) is 0 Å². The number of aromatic nitrogens is 3. The first-order valence-corrected chi connectivity index (χ1v) is 8.94. The van der Waals surface area contributed by atoms with Gasteiger partial charge in [0.05, 0.1) is 11.4 Å². The lowest BCUT2D eigenvalue weighted by molar-refractivity contribution is 0.0914. The van der Waals surface area contributed by atoms with Crippen molar-refractivity contribution in [3.63, 3.8) is 0 Å². The molecule has 0 atom stereocenters. The lowest BCUT2D eigenvalue weighted by atomic mass is 9.93. The smallest absolute Gasteiger partial charge is 0.270 e. The number of rotatable bonds is 2. The van der Waals surface area contributed by atoms with E-state index in [1.807, 2.05) is 47.6 Å². The summed E-state index contributed by atoms with van der Waals surface area (Å²) in [6, 6.07) is 9.89. The highest BCUT2D eigenvalue weighted by atomic mass is 19.1. The summed E-state index contributed by atoms with van der Waals surface area (Å²) in [6.07, 6.45) is 0. The van der Waals surface area contributed by atoms with Crippen LogP contribution in [0.5, 0.6) is 0 Å². The second-order valence-electron chi connectivity index (χ2n) is 8.76. The predicted molar refractivity (Wildman–Crippen MR) is 104 cm³/mol. The highest BCUT2D eigenvalue weighted by molar-refractivity contribution is 5.94. The van der Waals surface area contributed by atoms with Crippen molar-refractivity contribution >= 4 is 11.6 Å². The molecular formula is C21H25FN4O. The summed E-state index contributed by atoms with van der Waals surface area (Å²) in [6.45, 7) is 11.8. The van der Waals surface area contributed by atoms with Crippen molar-refractivity contribution in [2.75, 3.05) is 0 Å². The van der Waals surface area contributed by atoms with Gasteiger partial charge in [-0.2, -0.15) is 5.10 Å². The molecule has 3 aromatic rings. The Morgan fingerprint density at radius 3 is 2.33 bits per heavy atom. The van der Waals surface area contributed by atoms with E-state index in [-0.39, 0.29) is 22.8 Å². The molecule has 0 aliphatic heterocycles. The fraction of sp³-hybridized carbons (Fsp3) is 0.381. The Morgan fingerprint density at radius 2 is 1.74 bits per heavy atom. The Bertz CT molecular complexity index is 1010. The van der Waals surface area contributed by atoms with Crippen LogP contribution >= 0.6 is 0 Å². The number of nitrogens with zero attached hydrogens (tertiary/aromatic N) is 3. The van der Waals surface area contributed by atoms with Gasteiger partial charge in [-0.1, -0.05) is 32.9 Å². The molecule has 5 nitrogen and oxygen atoms in total. The molecule has 3 rings (SSSR count). The van der Waals surface area contributed by atoms with Gasteiger partial charge in [0.1, 0.15) is 11.5 Å². The molecule has 0 aliphatic rings. The molecule has 2 aromatic heterocycles. The van der Waals surface area contributed by atoms with Crippen LogP contribution in [-0.4, -0.2) is 26.0 Å². The number of fused-ring (bicyclic) bond motifs is 1. The zero-order valence-corrected chi connectivity index (χ0v) is 16.6. The zero-order chi connectivity index (χ0) is 20.0. The third-order valence-electron chi connectivity index (χ3n) is 4.07. The van der Waals surface area contributed by atoms with Crippen molar-refractivity contribution in [3.05, 3.63) is 53.6 Å². The van der Waals surface area contributed by atoms with Crippen molar-refractivity contribution in [3.8, 4) is 11.3 Å². The van der Waals surface area contributed by atoms with Crippen LogP contribution in [0.1, 0.15) is 57.7 Å². The van der Waals surface area contributed by atoms with E-state index in [0.717, 1.165) is 5.69 Å². The molecule has 1 amide bonds. The summed E-state index contributed by atoms with van der Waals surface area (Å²) in [5.41, 5.74) is 1.83. The lowest BCUT2D eigenvalue weighted by Gasteiger charge is -2.20. The molecule has 27 heavy (non-hydrogen) atoms. The van der Waals surface area contributed by atoms with E-state index >= 15 is 0 Å². The van der Waals surface area contributed by atoms with Gasteiger partial charge in [-0.25, -0.2) is 13.9 Å². The van der Waals surface area contributed by atoms with Crippen LogP contribution in [0.15, 0.2) is 36.4 Å². The van der Waals surface area contributed by atoms with E-state index in [2.05, 4.69) is 15.4 Å². The molecule has 0 saturated heterocycles. The molecule has 142 valence electrons. The van der Waals surface area contributed by atoms with Crippen LogP contribution in [-0.2, 0) is 5.41 Å². The fourth-order valence-corrected chi connectivity index (χ4v) is 2.72. The Morgan fingerprint density at radius 1 is 1.07 bits per heavy atom. The minimum Gasteiger partial charge on any atom is -0.346 e. The zero-order valence-electron chi connectivity index (χ0n) is 16.6. The standard InChI is InChI=1S/C21H25FN4O/c1-20(2,3)17-12-18-23-15(19(27)24-21(4,5)6)11-16(26(18)25-17)13-9-7-8-10-14(13)22/h7-12H,1-6H3,(H,24,27). The SMILES string of the molecule is CC(C)(C)NC(=O)c1cc(-c2ccccc2F)n2nc(C(C)(C)C)cc2n1. The summed E-state index contributed by atoms with van der Waals surface area (Å²) in [4.78, 5) is 17.2. The van der Waals surface area contributed by atoms with Gasteiger partial charge in [-0.15, -0.1) is 0 Å². The quantitative estimate of drug-likeness (QED) is 0.731. The van der Waals surface area contributed by atoms with E-state index in [4.69, 9.17) is 0 Å². The van der Waals surface area contributed by atoms with Crippen LogP contribution in [0.4, 0.5) is 4.39 Å². The number of amides is 1. The van der Waals surface area contributed by atoms with E-state index in [0.29, 0.717) is 16.9 Å². The Balaban J connectivity index is 2.26. The number of hydrogen-bond donors (Lipinski definition) is 1. The first kappa shape index (κ1) is 19.0. The van der Waals surface area contributed by atoms with Gasteiger partial charge >= 0.3 is 0 Å². The van der Waals surface area contributed by atoms with Crippen LogP contribution in [0.2, 0.25) is 0 Å². The summed E-state index contributed by atoms with van der Waals surface area (Å²) < 4.78 is 16.1. The Labute approximate surface area is 158 Å². The maximum absolute atomic E-state index is 14.5. The van der Waals surface area contributed by atoms with Gasteiger partial charge in [-0.05, 0) is 39.0 Å². The van der Waals surface area contributed by atoms with Crippen LogP contribution in [0.25, 0.3) is 16.9 Å². The molecule has 1 aromatic carbocycles. The van der Waals surface area contributed by atoms with Gasteiger partial charge in [0.25, 0.3) is 5.91 Å². The van der Waals surface area contributed by atoms with Crippen molar-refractivity contribution in [2.24, 2.45) is 0 Å². The molecular weight excluding hydrogens is 343 g/mol. The van der Waals surface area contributed by atoms with Crippen LogP contribution in [0, 0.1) is 5.82 Å². The molecule has 0 spiro atoms. The predicted octanol–water partition coefficient (Wildman–Crippen LogP) is 4.36. The second-order valence-corrected chi connectivity index (χ2v) is 8.76. The first-order chi connectivity index (χ1) is 12.5. The molecule has 0 unspecified atom stereocenters. The minimum atomic E-state index is -0.403. The molecule has 0 radical (unpaired) electrons. The van der Waals surface area contributed by atoms with Gasteiger partial charge < -0.3 is 5.32 Å². The molecule has 0 bridgehead atoms. The Hall–Kier alpha value is -2.76. The highest BCUT2D eigenvalue weighted by Crippen LogP contribution is 2.27. The monoisotopic (exact) mass is 368 g/mol. The Kier molecular flexibility index (Phi) is 4.54. The molecule has 0 saturated carbocycles. The number of hydrogen-bond acceptors (Lipinski definition) is 3. The number of carbonyl (C=O) groups excluding carboxylic acids is 1. The summed E-state index contributed by atoms with van der Waals surface area (Å²) in [5.74, 6) is -0.680. The third kappa shape index (κ3) is 3.99. The van der Waals surface area contributed by atoms with Gasteiger partial charge in [0.2, 0.25) is 0 Å². The largest absolute Gasteiger partial charge is 0.346 e. The summed E-state index contributed by atoms with van der Waals surface area (Å²) >= 11 is 0. The summed E-state index contributed by atoms with van der Waals surface area (Å²) in [7, 11) is 0. The molecule has 0 fully saturated rings. The average molecular weight is 368 g/mol. The van der Waals surface area contributed by atoms with E-state index in [1.165, 1.54) is 6.07 Å². The molecule has 0 aliphatic carbocycles. The number of benzene rings is 1. The van der Waals surface area contributed by atoms with Gasteiger partial charge in [0.15, 0.2) is 5.65 Å². The maximum atomic E-state index is 14.5. The van der Waals surface area contributed by atoms with Gasteiger partial charge in [-0.3, -0.25) is 4.79 Å². The topological polar surface area (TPSA) is 59.3 Å². The first-order valence-electron chi connectivity index (χ1n) is 8.94. The highest BCUT2D eigenvalue weighted by Gasteiger charge is 2.23. The number of nitrogens with one attached hydrogen (secondary N) is 1. The minimum absolute atomic E-state index is 0.200. The number of carbonyl (C=O) groups is 1. The van der Waals surface area contributed by atoms with Gasteiger partial charge in [0, 0.05) is 22.6 Å². The maximum Gasteiger partial charge on any atom is 0.270 e. The van der Waals surface area contributed by atoms with Crippen molar-refractivity contribution in [1.82, 2.24) is 19.9 Å². The third-order valence-corrected chi connectivity index (χ3v) is 4.07. The van der Waals surface area contributed by atoms with E-state index in [9.17, 15) is 9.18 Å². The average Bonchev–Trinajstić information content (AvgIpc) is 2.97. The normalized spacial score (nSPS) is 12.4. The van der Waals surface area contributed by atoms with Crippen LogP contribution < -0.4 is 5.32 Å². The lowest BCUT2D eigenvalue weighted by Crippen LogP contribution is -2.41. The molecule has 1 N–H and O–H groups in total. The van der Waals surface area contributed by atoms with Crippen molar-refractivity contribution < 1.29 is 9.18 Å².